The number of benzene rings is 1. The molecule has 2 atom stereocenters. The molecular formula is C45H48F2N10O9S. The molecule has 0 radical (unpaired) electrons. The van der Waals surface area contributed by atoms with Gasteiger partial charge < -0.3 is 24.7 Å². The molecule has 0 spiro atoms. The second-order valence-corrected chi connectivity index (χ2v) is 18.3. The van der Waals surface area contributed by atoms with E-state index in [0.29, 0.717) is 86.6 Å². The van der Waals surface area contributed by atoms with Crippen LogP contribution in [0.2, 0.25) is 0 Å². The van der Waals surface area contributed by atoms with Gasteiger partial charge >= 0.3 is 10.2 Å². The quantitative estimate of drug-likeness (QED) is 0.0626. The predicted octanol–water partition coefficient (Wildman–Crippen LogP) is 3.79. The van der Waals surface area contributed by atoms with E-state index < -0.39 is 63.0 Å². The minimum Gasteiger partial charge on any atom is -0.479 e. The van der Waals surface area contributed by atoms with Gasteiger partial charge in [-0.2, -0.15) is 12.7 Å². The number of halogens is 2. The van der Waals surface area contributed by atoms with Crippen molar-refractivity contribution in [3.05, 3.63) is 95.7 Å². The molecule has 3 aliphatic heterocycles. The minimum absolute atomic E-state index is 0.0704. The molecule has 4 N–H and O–H groups in total. The molecule has 0 aliphatic carbocycles. The number of ketones is 1. The molecule has 3 fully saturated rings. The summed E-state index contributed by atoms with van der Waals surface area (Å²) in [5.74, 6) is -3.50. The van der Waals surface area contributed by atoms with E-state index in [-0.39, 0.29) is 48.3 Å². The van der Waals surface area contributed by atoms with E-state index in [4.69, 9.17) is 9.47 Å². The first-order valence-electron chi connectivity index (χ1n) is 21.8. The van der Waals surface area contributed by atoms with Crippen molar-refractivity contribution in [2.24, 2.45) is 0 Å². The van der Waals surface area contributed by atoms with Crippen molar-refractivity contribution in [1.82, 2.24) is 39.8 Å². The Morgan fingerprint density at radius 3 is 2.39 bits per heavy atom. The van der Waals surface area contributed by atoms with Crippen LogP contribution < -0.4 is 25.0 Å². The Hall–Kier alpha value is -6.91. The molecule has 3 saturated heterocycles. The maximum absolute atomic E-state index is 15.6. The number of fused-ring (bicyclic) bond motifs is 1. The number of hydrogen-bond acceptors (Lipinski definition) is 14. The summed E-state index contributed by atoms with van der Waals surface area (Å²) in [4.78, 5) is 82.6. The van der Waals surface area contributed by atoms with Crippen LogP contribution >= 0.6 is 0 Å². The zero-order valence-corrected chi connectivity index (χ0v) is 37.4. The molecule has 352 valence electrons. The summed E-state index contributed by atoms with van der Waals surface area (Å²) < 4.78 is 69.9. The number of ether oxygens (including phenoxy) is 2. The number of H-pyrrole nitrogens is 1. The fraction of sp³-hybridized carbons (Fsp3) is 0.378. The molecule has 3 amide bonds. The van der Waals surface area contributed by atoms with Crippen molar-refractivity contribution in [2.45, 2.75) is 69.7 Å². The van der Waals surface area contributed by atoms with Gasteiger partial charge in [0, 0.05) is 111 Å². The second-order valence-electron chi connectivity index (χ2n) is 16.5. The van der Waals surface area contributed by atoms with Gasteiger partial charge in [0.05, 0.1) is 17.4 Å². The zero-order valence-electron chi connectivity index (χ0n) is 36.5. The number of rotatable bonds is 16. The Morgan fingerprint density at radius 1 is 0.955 bits per heavy atom. The third-order valence-electron chi connectivity index (χ3n) is 12.3. The van der Waals surface area contributed by atoms with E-state index in [1.807, 2.05) is 23.1 Å². The number of imide groups is 1. The molecule has 1 aromatic carbocycles. The number of amides is 3. The number of likely N-dealkylation sites (tertiary alicyclic amines) is 1. The summed E-state index contributed by atoms with van der Waals surface area (Å²) in [5.41, 5.74) is 0.792. The van der Waals surface area contributed by atoms with Crippen molar-refractivity contribution >= 4 is 62.7 Å². The van der Waals surface area contributed by atoms with Crippen molar-refractivity contribution in [2.75, 3.05) is 49.4 Å². The third-order valence-corrected chi connectivity index (χ3v) is 13.9. The van der Waals surface area contributed by atoms with Gasteiger partial charge in [0.2, 0.25) is 17.9 Å². The first-order valence-corrected chi connectivity index (χ1v) is 23.2. The average Bonchev–Trinajstić information content (AvgIpc) is 3.76. The van der Waals surface area contributed by atoms with Gasteiger partial charge in [-0.3, -0.25) is 43.9 Å². The monoisotopic (exact) mass is 942 g/mol. The van der Waals surface area contributed by atoms with Crippen LogP contribution in [0.15, 0.2) is 67.3 Å². The van der Waals surface area contributed by atoms with Crippen LogP contribution in [0.1, 0.15) is 73.0 Å². The van der Waals surface area contributed by atoms with Gasteiger partial charge in [0.1, 0.15) is 23.0 Å². The van der Waals surface area contributed by atoms with Crippen LogP contribution in [0, 0.1) is 11.6 Å². The molecule has 22 heteroatoms. The van der Waals surface area contributed by atoms with Crippen molar-refractivity contribution in [3.63, 3.8) is 0 Å². The van der Waals surface area contributed by atoms with Gasteiger partial charge in [0.25, 0.3) is 18.3 Å². The van der Waals surface area contributed by atoms with E-state index in [2.05, 4.69) is 40.2 Å². The van der Waals surface area contributed by atoms with E-state index in [9.17, 15) is 32.4 Å². The standard InChI is InChI=1S/C45H48F2N10O9S/c1-3-55(2)67(63,64)54-35-8-6-33(46)39(40(35)47)41(60)32-24-51-42-31(32)20-28(22-50-42)27-4-10-37(49-21-27)56-18-14-29(15-19-56)52-44(62)45(65-25-58)57-16-12-26(13-17-57)34-7-5-30(23-48-34)66-36-9-11-38(59)53-43(36)61/h4-8,10,20-26,29,36,45,54H,3,9,11-19H2,1-2H3,(H,50,51)(H,52,62)(H,53,59,61). The SMILES string of the molecule is CCN(C)S(=O)(=O)Nc1ccc(F)c(C(=O)c2c[nH]c3ncc(-c4ccc(N5CCC(NC(=O)C(OC=O)N6CCC(c7ccc(OC8CCC(=O)NC8=O)cn7)CC6)CC5)nc4)cc23)c1F. The molecule has 4 aromatic heterocycles. The molecule has 0 bridgehead atoms. The predicted molar refractivity (Wildman–Crippen MR) is 239 cm³/mol. The van der Waals surface area contributed by atoms with Gasteiger partial charge in [0.15, 0.2) is 11.9 Å². The molecule has 8 rings (SSSR count). The first-order chi connectivity index (χ1) is 32.2. The molecule has 0 saturated carbocycles. The highest BCUT2D eigenvalue weighted by Gasteiger charge is 2.35. The van der Waals surface area contributed by atoms with Gasteiger partial charge in [-0.25, -0.2) is 18.7 Å². The fourth-order valence-electron chi connectivity index (χ4n) is 8.43. The summed E-state index contributed by atoms with van der Waals surface area (Å²) in [5, 5.41) is 5.62. The maximum atomic E-state index is 15.6. The smallest absolute Gasteiger partial charge is 0.301 e. The number of anilines is 2. The third kappa shape index (κ3) is 10.2. The van der Waals surface area contributed by atoms with Crippen molar-refractivity contribution < 1.29 is 50.6 Å². The lowest BCUT2D eigenvalue weighted by atomic mass is 9.93. The highest BCUT2D eigenvalue weighted by atomic mass is 32.2. The Morgan fingerprint density at radius 2 is 1.72 bits per heavy atom. The Bertz CT molecular complexity index is 2780. The van der Waals surface area contributed by atoms with E-state index in [1.165, 1.54) is 13.2 Å². The number of piperidine rings is 3. The van der Waals surface area contributed by atoms with Gasteiger partial charge in [-0.05, 0) is 68.1 Å². The number of carbonyl (C=O) groups excluding carboxylic acids is 5. The second kappa shape index (κ2) is 19.9. The summed E-state index contributed by atoms with van der Waals surface area (Å²) in [6.45, 7) is 4.10. The lowest BCUT2D eigenvalue weighted by molar-refractivity contribution is -0.159. The van der Waals surface area contributed by atoms with E-state index in [1.54, 1.807) is 37.6 Å². The number of aromatic amines is 1. The molecule has 3 aliphatic rings. The van der Waals surface area contributed by atoms with Crippen LogP contribution in [0.4, 0.5) is 20.3 Å². The molecule has 2 unspecified atom stereocenters. The van der Waals surface area contributed by atoms with E-state index >= 15 is 8.78 Å². The number of hydrogen-bond donors (Lipinski definition) is 4. The number of nitrogens with one attached hydrogen (secondary N) is 4. The lowest BCUT2D eigenvalue weighted by Crippen LogP contribution is -2.54. The fourth-order valence-corrected chi connectivity index (χ4v) is 9.36. The normalized spacial score (nSPS) is 18.1. The van der Waals surface area contributed by atoms with E-state index in [0.717, 1.165) is 22.1 Å². The number of aromatic nitrogens is 4. The average molecular weight is 943 g/mol. The summed E-state index contributed by atoms with van der Waals surface area (Å²) >= 11 is 0. The largest absolute Gasteiger partial charge is 0.479 e. The van der Waals surface area contributed by atoms with Gasteiger partial charge in [-0.1, -0.05) is 6.92 Å². The molecule has 19 nitrogen and oxygen atoms in total. The summed E-state index contributed by atoms with van der Waals surface area (Å²) in [6, 6.07) is 10.5. The Labute approximate surface area is 383 Å². The Kier molecular flexibility index (Phi) is 13.8. The lowest BCUT2D eigenvalue weighted by Gasteiger charge is -2.37. The topological polar surface area (TPSA) is 238 Å². The number of carbonyl (C=O) groups is 5. The molecule has 7 heterocycles. The van der Waals surface area contributed by atoms with Crippen LogP contribution in [-0.2, 0) is 34.1 Å². The van der Waals surface area contributed by atoms with Gasteiger partial charge in [-0.15, -0.1) is 0 Å². The zero-order chi connectivity index (χ0) is 47.4. The highest BCUT2D eigenvalue weighted by molar-refractivity contribution is 7.90. The number of pyridine rings is 3. The van der Waals surface area contributed by atoms with Crippen LogP contribution in [0.3, 0.4) is 0 Å². The molecule has 67 heavy (non-hydrogen) atoms. The number of nitrogens with zero attached hydrogens (tertiary/aromatic N) is 6. The van der Waals surface area contributed by atoms with Crippen molar-refractivity contribution in [1.29, 1.82) is 0 Å². The Balaban J connectivity index is 0.844. The molecular weight excluding hydrogens is 895 g/mol. The van der Waals surface area contributed by atoms with Crippen molar-refractivity contribution in [3.8, 4) is 16.9 Å². The van der Waals surface area contributed by atoms with Crippen LogP contribution in [0.25, 0.3) is 22.2 Å². The minimum atomic E-state index is -4.16. The first kappa shape index (κ1) is 46.6. The van der Waals surface area contributed by atoms with Crippen LogP contribution in [-0.4, -0.2) is 126 Å². The maximum Gasteiger partial charge on any atom is 0.301 e. The highest BCUT2D eigenvalue weighted by Crippen LogP contribution is 2.32. The summed E-state index contributed by atoms with van der Waals surface area (Å²) in [6.07, 6.45) is 7.28. The summed E-state index contributed by atoms with van der Waals surface area (Å²) in [7, 11) is -2.88. The molecule has 5 aromatic rings. The van der Waals surface area contributed by atoms with Crippen LogP contribution in [0.5, 0.6) is 5.75 Å².